The highest BCUT2D eigenvalue weighted by molar-refractivity contribution is 8.01. The van der Waals surface area contributed by atoms with Gasteiger partial charge < -0.3 is 16.2 Å². The molecule has 1 heterocycles. The highest BCUT2D eigenvalue weighted by Crippen LogP contribution is 2.31. The van der Waals surface area contributed by atoms with Gasteiger partial charge in [0.2, 0.25) is 0 Å². The summed E-state index contributed by atoms with van der Waals surface area (Å²) < 4.78 is 6.13. The van der Waals surface area contributed by atoms with E-state index in [4.69, 9.17) is 16.2 Å². The molecular weight excluding hydrogens is 346 g/mol. The fourth-order valence-corrected chi connectivity index (χ4v) is 3.97. The molecule has 1 aliphatic heterocycles. The summed E-state index contributed by atoms with van der Waals surface area (Å²) in [5.74, 6) is 0.732. The molecule has 1 amide bonds. The van der Waals surface area contributed by atoms with Crippen molar-refractivity contribution in [3.8, 4) is 5.75 Å². The molecule has 1 fully saturated rings. The van der Waals surface area contributed by atoms with Crippen LogP contribution in [0.3, 0.4) is 0 Å². The van der Waals surface area contributed by atoms with Crippen LogP contribution in [0, 0.1) is 0 Å². The number of rotatable bonds is 10. The van der Waals surface area contributed by atoms with Gasteiger partial charge in [0.1, 0.15) is 5.75 Å². The van der Waals surface area contributed by atoms with E-state index < -0.39 is 10.8 Å². The minimum atomic E-state index is -1.22. The lowest BCUT2D eigenvalue weighted by Crippen LogP contribution is -2.45. The Hall–Kier alpha value is -1.50. The van der Waals surface area contributed by atoms with Crippen LogP contribution in [0.5, 0.6) is 5.75 Å². The molecule has 144 valence electrons. The van der Waals surface area contributed by atoms with Gasteiger partial charge >= 0.3 is 0 Å². The highest BCUT2D eigenvalue weighted by atomic mass is 32.2. The number of allylic oxidation sites excluding steroid dienone is 1. The second-order valence-corrected chi connectivity index (χ2v) is 7.87. The molecule has 1 unspecified atom stereocenters. The third-order valence-electron chi connectivity index (χ3n) is 4.37. The van der Waals surface area contributed by atoms with Crippen LogP contribution in [0.4, 0.5) is 0 Å². The third-order valence-corrected chi connectivity index (χ3v) is 5.66. The highest BCUT2D eigenvalue weighted by Gasteiger charge is 2.37. The smallest absolute Gasteiger partial charge is 0.276 e. The summed E-state index contributed by atoms with van der Waals surface area (Å²) in [4.78, 5) is 13.5. The van der Waals surface area contributed by atoms with Gasteiger partial charge in [-0.15, -0.1) is 0 Å². The van der Waals surface area contributed by atoms with E-state index in [2.05, 4.69) is 11.0 Å². The van der Waals surface area contributed by atoms with Gasteiger partial charge in [-0.3, -0.25) is 9.69 Å². The summed E-state index contributed by atoms with van der Waals surface area (Å²) >= 11 is 1.33. The minimum Gasteiger partial charge on any atom is -0.463 e. The number of nitrogens with two attached hydrogens (primary N) is 2. The Bertz CT molecular complexity index is 602. The Balaban J connectivity index is 2.16. The Morgan fingerprint density at radius 2 is 2.12 bits per heavy atom. The predicted molar refractivity (Wildman–Crippen MR) is 109 cm³/mol. The quantitative estimate of drug-likeness (QED) is 0.484. The first-order chi connectivity index (χ1) is 12.6. The second-order valence-electron chi connectivity index (χ2n) is 6.57. The maximum Gasteiger partial charge on any atom is 0.276 e. The number of thioether (sulfide) groups is 1. The molecule has 1 aliphatic rings. The number of nitrogens with zero attached hydrogens (tertiary/aromatic N) is 1. The van der Waals surface area contributed by atoms with Gasteiger partial charge in [0.15, 0.2) is 0 Å². The van der Waals surface area contributed by atoms with Gasteiger partial charge in [0, 0.05) is 18.8 Å². The predicted octanol–water partition coefficient (Wildman–Crippen LogP) is 2.89. The number of hydrogen-bond donors (Lipinski definition) is 2. The fraction of sp³-hybridized carbons (Fsp3) is 0.550. The van der Waals surface area contributed by atoms with E-state index in [1.54, 1.807) is 6.08 Å². The molecule has 6 heteroatoms. The number of piperidine rings is 1. The van der Waals surface area contributed by atoms with Crippen LogP contribution in [0.25, 0.3) is 0 Å². The van der Waals surface area contributed by atoms with E-state index in [0.29, 0.717) is 18.0 Å². The van der Waals surface area contributed by atoms with Crippen LogP contribution in [0.1, 0.15) is 38.2 Å². The molecule has 1 saturated heterocycles. The molecular formula is C20H31N3O2S. The summed E-state index contributed by atoms with van der Waals surface area (Å²) in [6.45, 7) is 5.65. The topological polar surface area (TPSA) is 81.6 Å². The van der Waals surface area contributed by atoms with E-state index in [9.17, 15) is 4.79 Å². The van der Waals surface area contributed by atoms with E-state index >= 15 is 0 Å². The molecule has 0 aromatic heterocycles. The molecule has 0 aliphatic carbocycles. The average Bonchev–Trinajstić information content (AvgIpc) is 2.65. The van der Waals surface area contributed by atoms with Gasteiger partial charge in [0.05, 0.1) is 0 Å². The fourth-order valence-electron chi connectivity index (χ4n) is 3.06. The normalized spacial score (nSPS) is 17.9. The van der Waals surface area contributed by atoms with Crippen molar-refractivity contribution in [2.24, 2.45) is 11.5 Å². The van der Waals surface area contributed by atoms with Crippen LogP contribution in [-0.2, 0) is 11.3 Å². The number of ether oxygens (including phenoxy) is 1. The van der Waals surface area contributed by atoms with E-state index in [0.717, 1.165) is 26.1 Å². The van der Waals surface area contributed by atoms with Crippen LogP contribution in [0.15, 0.2) is 36.4 Å². The standard InChI is InChI=1S/C20H31N3O2S/c1-2-3-10-20(19(22)24,26-14-11-21)25-18-9-7-8-17(15-18)16-23-12-5-4-6-13-23/h3,7-10,15H,2,4-6,11-14,16,21H2,1H3,(H2,22,24). The van der Waals surface area contributed by atoms with Crippen molar-refractivity contribution in [2.75, 3.05) is 25.4 Å². The van der Waals surface area contributed by atoms with Gasteiger partial charge in [-0.25, -0.2) is 0 Å². The van der Waals surface area contributed by atoms with Crippen molar-refractivity contribution >= 4 is 17.7 Å². The van der Waals surface area contributed by atoms with Crippen LogP contribution >= 0.6 is 11.8 Å². The molecule has 0 spiro atoms. The number of carbonyl (C=O) groups excluding carboxylic acids is 1. The average molecular weight is 378 g/mol. The molecule has 1 aromatic rings. The molecule has 1 aromatic carbocycles. The monoisotopic (exact) mass is 377 g/mol. The zero-order valence-corrected chi connectivity index (χ0v) is 16.5. The van der Waals surface area contributed by atoms with Crippen molar-refractivity contribution in [1.29, 1.82) is 0 Å². The van der Waals surface area contributed by atoms with Crippen molar-refractivity contribution in [2.45, 2.75) is 44.1 Å². The summed E-state index contributed by atoms with van der Waals surface area (Å²) in [6.07, 6.45) is 8.31. The summed E-state index contributed by atoms with van der Waals surface area (Å²) in [6, 6.07) is 7.95. The Morgan fingerprint density at radius 1 is 1.35 bits per heavy atom. The maximum absolute atomic E-state index is 12.2. The SMILES string of the molecule is CCC=CC(Oc1cccc(CN2CCCCC2)c1)(SCCN)C(N)=O. The van der Waals surface area contributed by atoms with Gasteiger partial charge in [-0.2, -0.15) is 0 Å². The number of amides is 1. The zero-order chi connectivity index (χ0) is 18.8. The summed E-state index contributed by atoms with van der Waals surface area (Å²) in [5.41, 5.74) is 12.5. The number of primary amides is 1. The van der Waals surface area contributed by atoms with Gasteiger partial charge in [-0.1, -0.05) is 43.3 Å². The first kappa shape index (κ1) is 20.8. The van der Waals surface area contributed by atoms with E-state index in [1.165, 1.54) is 36.6 Å². The maximum atomic E-state index is 12.2. The summed E-state index contributed by atoms with van der Waals surface area (Å²) in [5, 5.41) is 0. The first-order valence-electron chi connectivity index (χ1n) is 9.41. The second kappa shape index (κ2) is 10.6. The largest absolute Gasteiger partial charge is 0.463 e. The van der Waals surface area contributed by atoms with Gasteiger partial charge in [-0.05, 0) is 56.1 Å². The molecule has 2 rings (SSSR count). The Labute approximate surface area is 161 Å². The van der Waals surface area contributed by atoms with Crippen LogP contribution in [-0.4, -0.2) is 41.1 Å². The molecule has 0 bridgehead atoms. The van der Waals surface area contributed by atoms with Crippen LogP contribution < -0.4 is 16.2 Å². The molecule has 4 N–H and O–H groups in total. The lowest BCUT2D eigenvalue weighted by Gasteiger charge is -2.29. The number of hydrogen-bond acceptors (Lipinski definition) is 5. The van der Waals surface area contributed by atoms with Gasteiger partial charge in [0.25, 0.3) is 10.8 Å². The molecule has 1 atom stereocenters. The van der Waals surface area contributed by atoms with Crippen LogP contribution in [0.2, 0.25) is 0 Å². The molecule has 26 heavy (non-hydrogen) atoms. The molecule has 5 nitrogen and oxygen atoms in total. The lowest BCUT2D eigenvalue weighted by molar-refractivity contribution is -0.124. The third kappa shape index (κ3) is 6.04. The molecule has 0 saturated carbocycles. The summed E-state index contributed by atoms with van der Waals surface area (Å²) in [7, 11) is 0. The minimum absolute atomic E-state index is 0.456. The van der Waals surface area contributed by atoms with E-state index in [-0.39, 0.29) is 0 Å². The zero-order valence-electron chi connectivity index (χ0n) is 15.7. The number of benzene rings is 1. The van der Waals surface area contributed by atoms with E-state index in [1.807, 2.05) is 31.2 Å². The van der Waals surface area contributed by atoms with Crippen molar-refractivity contribution in [3.63, 3.8) is 0 Å². The number of carbonyl (C=O) groups is 1. The van der Waals surface area contributed by atoms with Crippen molar-refractivity contribution in [1.82, 2.24) is 4.90 Å². The van der Waals surface area contributed by atoms with Crippen molar-refractivity contribution in [3.05, 3.63) is 42.0 Å². The van der Waals surface area contributed by atoms with Crippen molar-refractivity contribution < 1.29 is 9.53 Å². The first-order valence-corrected chi connectivity index (χ1v) is 10.4. The Kier molecular flexibility index (Phi) is 8.48. The lowest BCUT2D eigenvalue weighted by atomic mass is 10.1. The number of likely N-dealkylation sites (tertiary alicyclic amines) is 1. The molecule has 0 radical (unpaired) electrons. The Morgan fingerprint density at radius 3 is 2.77 bits per heavy atom.